The third kappa shape index (κ3) is 8.07. The van der Waals surface area contributed by atoms with Gasteiger partial charge in [-0.1, -0.05) is 30.3 Å². The summed E-state index contributed by atoms with van der Waals surface area (Å²) in [5, 5.41) is 16.2. The van der Waals surface area contributed by atoms with Gasteiger partial charge in [-0.05, 0) is 37.8 Å². The van der Waals surface area contributed by atoms with Crippen molar-refractivity contribution in [2.75, 3.05) is 72.7 Å². The first kappa shape index (κ1) is 24.0. The van der Waals surface area contributed by atoms with E-state index >= 15 is 0 Å². The van der Waals surface area contributed by atoms with Crippen molar-refractivity contribution < 1.29 is 9.84 Å². The predicted octanol–water partition coefficient (Wildman–Crippen LogP) is 1.54. The van der Waals surface area contributed by atoms with Crippen LogP contribution in [0.3, 0.4) is 0 Å². The van der Waals surface area contributed by atoms with E-state index in [0.29, 0.717) is 0 Å². The molecule has 3 N–H and O–H groups in total. The number of aliphatic imine (C=N–C) groups is 1. The van der Waals surface area contributed by atoms with Gasteiger partial charge >= 0.3 is 0 Å². The molecule has 0 aliphatic carbocycles. The smallest absolute Gasteiger partial charge is 0.190 e. The number of rotatable bonds is 11. The van der Waals surface area contributed by atoms with E-state index in [4.69, 9.17) is 4.74 Å². The lowest BCUT2D eigenvalue weighted by atomic mass is 9.84. The van der Waals surface area contributed by atoms with Crippen LogP contribution in [0.15, 0.2) is 35.3 Å². The minimum absolute atomic E-state index is 0.0367. The second kappa shape index (κ2) is 13.0. The highest BCUT2D eigenvalue weighted by Gasteiger charge is 2.34. The van der Waals surface area contributed by atoms with Gasteiger partial charge in [0.1, 0.15) is 0 Å². The second-order valence-corrected chi connectivity index (χ2v) is 8.94. The lowest BCUT2D eigenvalue weighted by Gasteiger charge is -2.34. The highest BCUT2D eigenvalue weighted by atomic mass is 16.5. The molecule has 2 aliphatic heterocycles. The Kier molecular flexibility index (Phi) is 10.1. The summed E-state index contributed by atoms with van der Waals surface area (Å²) in [5.74, 6) is 0.846. The Hall–Kier alpha value is -1.67. The van der Waals surface area contributed by atoms with E-state index in [-0.39, 0.29) is 12.0 Å². The Morgan fingerprint density at radius 1 is 1.10 bits per heavy atom. The molecule has 0 radical (unpaired) electrons. The molecule has 2 saturated heterocycles. The van der Waals surface area contributed by atoms with Gasteiger partial charge in [-0.2, -0.15) is 0 Å². The molecular weight excluding hydrogens is 390 g/mol. The lowest BCUT2D eigenvalue weighted by molar-refractivity contribution is 0.125. The van der Waals surface area contributed by atoms with Gasteiger partial charge in [0.15, 0.2) is 5.96 Å². The average Bonchev–Trinajstić information content (AvgIpc) is 3.26. The van der Waals surface area contributed by atoms with Crippen LogP contribution >= 0.6 is 0 Å². The van der Waals surface area contributed by atoms with Crippen molar-refractivity contribution in [1.82, 2.24) is 20.4 Å². The minimum Gasteiger partial charge on any atom is -0.396 e. The maximum absolute atomic E-state index is 9.37. The van der Waals surface area contributed by atoms with Crippen LogP contribution in [0, 0.1) is 5.41 Å². The Morgan fingerprint density at radius 3 is 2.55 bits per heavy atom. The van der Waals surface area contributed by atoms with Crippen LogP contribution < -0.4 is 10.6 Å². The Labute approximate surface area is 187 Å². The normalized spacial score (nSPS) is 23.2. The number of guanidine groups is 1. The highest BCUT2D eigenvalue weighted by molar-refractivity contribution is 5.79. The number of hydrogen-bond donors (Lipinski definition) is 3. The molecule has 174 valence electrons. The van der Waals surface area contributed by atoms with Gasteiger partial charge in [0, 0.05) is 71.5 Å². The first-order chi connectivity index (χ1) is 15.2. The SMILES string of the molecule is CN=C(NCCCCN1CCN(Cc2ccccc2)CC1)NCC1(CCO)CCOC1. The fourth-order valence-corrected chi connectivity index (χ4v) is 4.48. The predicted molar refractivity (Wildman–Crippen MR) is 126 cm³/mol. The molecule has 2 heterocycles. The monoisotopic (exact) mass is 431 g/mol. The third-order valence-electron chi connectivity index (χ3n) is 6.59. The van der Waals surface area contributed by atoms with E-state index in [2.05, 4.69) is 55.8 Å². The van der Waals surface area contributed by atoms with Crippen molar-refractivity contribution in [3.63, 3.8) is 0 Å². The minimum atomic E-state index is 0.0367. The second-order valence-electron chi connectivity index (χ2n) is 8.94. The van der Waals surface area contributed by atoms with E-state index in [9.17, 15) is 5.11 Å². The molecule has 2 fully saturated rings. The van der Waals surface area contributed by atoms with E-state index in [0.717, 1.165) is 71.2 Å². The summed E-state index contributed by atoms with van der Waals surface area (Å²) in [6.07, 6.45) is 4.10. The number of aliphatic hydroxyl groups is 1. The Bertz CT molecular complexity index is 641. The van der Waals surface area contributed by atoms with Gasteiger partial charge in [-0.15, -0.1) is 0 Å². The van der Waals surface area contributed by atoms with Crippen molar-refractivity contribution >= 4 is 5.96 Å². The van der Waals surface area contributed by atoms with E-state index in [1.54, 1.807) is 0 Å². The van der Waals surface area contributed by atoms with Gasteiger partial charge in [0.2, 0.25) is 0 Å². The number of piperazine rings is 1. The number of benzene rings is 1. The molecule has 31 heavy (non-hydrogen) atoms. The number of hydrogen-bond acceptors (Lipinski definition) is 5. The van der Waals surface area contributed by atoms with Crippen LogP contribution in [0.5, 0.6) is 0 Å². The van der Waals surface area contributed by atoms with Crippen LogP contribution in [0.1, 0.15) is 31.2 Å². The Balaban J connectivity index is 1.24. The Morgan fingerprint density at radius 2 is 1.87 bits per heavy atom. The van der Waals surface area contributed by atoms with Crippen molar-refractivity contribution in [2.24, 2.45) is 10.4 Å². The molecule has 1 unspecified atom stereocenters. The van der Waals surface area contributed by atoms with Crippen molar-refractivity contribution in [3.8, 4) is 0 Å². The fraction of sp³-hybridized carbons (Fsp3) is 0.708. The summed E-state index contributed by atoms with van der Waals surface area (Å²) in [5.41, 5.74) is 1.45. The van der Waals surface area contributed by atoms with Crippen molar-refractivity contribution in [2.45, 2.75) is 32.2 Å². The van der Waals surface area contributed by atoms with Gasteiger partial charge in [0.05, 0.1) is 6.61 Å². The molecule has 0 aromatic heterocycles. The van der Waals surface area contributed by atoms with Crippen molar-refractivity contribution in [1.29, 1.82) is 0 Å². The number of nitrogens with one attached hydrogen (secondary N) is 2. The molecule has 1 atom stereocenters. The van der Waals surface area contributed by atoms with Gasteiger partial charge in [-0.3, -0.25) is 9.89 Å². The third-order valence-corrected chi connectivity index (χ3v) is 6.59. The highest BCUT2D eigenvalue weighted by Crippen LogP contribution is 2.31. The molecule has 0 bridgehead atoms. The summed E-state index contributed by atoms with van der Waals surface area (Å²) in [6.45, 7) is 10.3. The quantitative estimate of drug-likeness (QED) is 0.280. The van der Waals surface area contributed by atoms with Crippen LogP contribution in [0.4, 0.5) is 0 Å². The van der Waals surface area contributed by atoms with Gasteiger partial charge in [-0.25, -0.2) is 0 Å². The summed E-state index contributed by atoms with van der Waals surface area (Å²) in [6, 6.07) is 10.8. The number of nitrogens with zero attached hydrogens (tertiary/aromatic N) is 3. The maximum Gasteiger partial charge on any atom is 0.190 e. The molecule has 1 aromatic rings. The zero-order valence-corrected chi connectivity index (χ0v) is 19.2. The summed E-state index contributed by atoms with van der Waals surface area (Å²) >= 11 is 0. The topological polar surface area (TPSA) is 72.4 Å². The van der Waals surface area contributed by atoms with Gasteiger partial charge < -0.3 is 25.4 Å². The molecule has 0 spiro atoms. The molecule has 2 aliphatic rings. The van der Waals surface area contributed by atoms with E-state index < -0.39 is 0 Å². The molecular formula is C24H41N5O2. The number of aliphatic hydroxyl groups excluding tert-OH is 1. The van der Waals surface area contributed by atoms with Crippen LogP contribution in [0.2, 0.25) is 0 Å². The standard InChI is InChI=1S/C24H41N5O2/c1-25-23(27-20-24(9-17-30)10-18-31-21-24)26-11-5-6-12-28-13-15-29(16-14-28)19-22-7-3-2-4-8-22/h2-4,7-8,30H,5-6,9-21H2,1H3,(H2,25,26,27). The van der Waals surface area contributed by atoms with Gasteiger partial charge in [0.25, 0.3) is 0 Å². The largest absolute Gasteiger partial charge is 0.396 e. The van der Waals surface area contributed by atoms with E-state index in [1.807, 2.05) is 7.05 Å². The molecule has 7 nitrogen and oxygen atoms in total. The number of unbranched alkanes of at least 4 members (excludes halogenated alkanes) is 1. The van der Waals surface area contributed by atoms with E-state index in [1.165, 1.54) is 31.6 Å². The molecule has 1 aromatic carbocycles. The molecule has 3 rings (SSSR count). The average molecular weight is 432 g/mol. The van der Waals surface area contributed by atoms with Crippen LogP contribution in [0.25, 0.3) is 0 Å². The molecule has 0 amide bonds. The summed E-state index contributed by atoms with van der Waals surface area (Å²) < 4.78 is 5.57. The zero-order chi connectivity index (χ0) is 21.8. The summed E-state index contributed by atoms with van der Waals surface area (Å²) in [4.78, 5) is 9.49. The first-order valence-corrected chi connectivity index (χ1v) is 11.8. The fourth-order valence-electron chi connectivity index (χ4n) is 4.48. The molecule has 7 heteroatoms. The molecule has 0 saturated carbocycles. The maximum atomic E-state index is 9.37. The number of ether oxygens (including phenoxy) is 1. The van der Waals surface area contributed by atoms with Crippen molar-refractivity contribution in [3.05, 3.63) is 35.9 Å². The van der Waals surface area contributed by atoms with Crippen LogP contribution in [-0.2, 0) is 11.3 Å². The summed E-state index contributed by atoms with van der Waals surface area (Å²) in [7, 11) is 1.81. The van der Waals surface area contributed by atoms with Crippen LogP contribution in [-0.4, -0.2) is 93.5 Å². The zero-order valence-electron chi connectivity index (χ0n) is 19.2. The lowest BCUT2D eigenvalue weighted by Crippen LogP contribution is -2.46. The first-order valence-electron chi connectivity index (χ1n) is 11.8.